The van der Waals surface area contributed by atoms with Gasteiger partial charge in [-0.2, -0.15) is 5.10 Å². The third-order valence-electron chi connectivity index (χ3n) is 2.87. The molecule has 0 radical (unpaired) electrons. The van der Waals surface area contributed by atoms with Crippen LogP contribution in [0.2, 0.25) is 5.02 Å². The number of fused-ring (bicyclic) bond motifs is 1. The Labute approximate surface area is 109 Å². The van der Waals surface area contributed by atoms with Crippen molar-refractivity contribution >= 4 is 28.2 Å². The summed E-state index contributed by atoms with van der Waals surface area (Å²) < 4.78 is 1.75. The zero-order chi connectivity index (χ0) is 12.7. The van der Waals surface area contributed by atoms with E-state index in [9.17, 15) is 0 Å². The molecule has 0 spiro atoms. The lowest BCUT2D eigenvalue weighted by molar-refractivity contribution is 0.868. The fraction of sp³-hybridized carbons (Fsp3) is 0.0769. The lowest BCUT2D eigenvalue weighted by atomic mass is 10.1. The average Bonchev–Trinajstić information content (AvgIpc) is 2.69. The molecule has 0 amide bonds. The monoisotopic (exact) mass is 258 g/mol. The van der Waals surface area contributed by atoms with Crippen molar-refractivity contribution in [1.82, 2.24) is 14.8 Å². The van der Waals surface area contributed by atoms with Crippen LogP contribution in [-0.2, 0) is 0 Å². The van der Waals surface area contributed by atoms with Gasteiger partial charge in [0.1, 0.15) is 0 Å². The predicted octanol–water partition coefficient (Wildman–Crippen LogP) is 2.96. The summed E-state index contributed by atoms with van der Waals surface area (Å²) in [5, 5.41) is 5.97. The molecule has 0 unspecified atom stereocenters. The second kappa shape index (κ2) is 3.99. The van der Waals surface area contributed by atoms with Crippen LogP contribution in [0.4, 0.5) is 5.69 Å². The van der Waals surface area contributed by atoms with Gasteiger partial charge in [0.15, 0.2) is 0 Å². The van der Waals surface area contributed by atoms with E-state index in [0.29, 0.717) is 10.7 Å². The molecule has 0 fully saturated rings. The number of para-hydroxylation sites is 1. The van der Waals surface area contributed by atoms with Crippen LogP contribution in [0.3, 0.4) is 0 Å². The number of halogens is 1. The lowest BCUT2D eigenvalue weighted by Crippen LogP contribution is -1.98. The van der Waals surface area contributed by atoms with Crippen LogP contribution in [0.1, 0.15) is 5.69 Å². The normalized spacial score (nSPS) is 11.0. The number of hydrogen-bond donors (Lipinski definition) is 1. The third-order valence-corrected chi connectivity index (χ3v) is 3.24. The van der Waals surface area contributed by atoms with Crippen LogP contribution in [0.5, 0.6) is 0 Å². The van der Waals surface area contributed by atoms with Gasteiger partial charge in [-0.1, -0.05) is 23.7 Å². The minimum Gasteiger partial charge on any atom is -0.397 e. The summed E-state index contributed by atoms with van der Waals surface area (Å²) in [7, 11) is 0. The maximum absolute atomic E-state index is 6.04. The average molecular weight is 259 g/mol. The van der Waals surface area contributed by atoms with Crippen molar-refractivity contribution in [3.63, 3.8) is 0 Å². The van der Waals surface area contributed by atoms with Gasteiger partial charge >= 0.3 is 0 Å². The first kappa shape index (κ1) is 11.0. The van der Waals surface area contributed by atoms with Gasteiger partial charge in [-0.25, -0.2) is 4.68 Å². The van der Waals surface area contributed by atoms with E-state index >= 15 is 0 Å². The molecule has 3 rings (SSSR count). The fourth-order valence-electron chi connectivity index (χ4n) is 1.95. The van der Waals surface area contributed by atoms with E-state index in [-0.39, 0.29) is 0 Å². The summed E-state index contributed by atoms with van der Waals surface area (Å²) in [6.07, 6.45) is 3.51. The molecule has 2 heterocycles. The Bertz CT molecular complexity index is 713. The molecule has 90 valence electrons. The van der Waals surface area contributed by atoms with E-state index in [4.69, 9.17) is 17.3 Å². The minimum absolute atomic E-state index is 0.642. The van der Waals surface area contributed by atoms with Gasteiger partial charge < -0.3 is 5.73 Å². The predicted molar refractivity (Wildman–Crippen MR) is 73.0 cm³/mol. The number of rotatable bonds is 1. The summed E-state index contributed by atoms with van der Waals surface area (Å²) in [6, 6.07) is 7.60. The molecule has 0 bridgehead atoms. The van der Waals surface area contributed by atoms with Crippen LogP contribution in [0.25, 0.3) is 16.6 Å². The summed E-state index contributed by atoms with van der Waals surface area (Å²) in [5.41, 5.74) is 9.07. The molecule has 0 saturated heterocycles. The Kier molecular flexibility index (Phi) is 2.45. The van der Waals surface area contributed by atoms with Crippen LogP contribution in [0.15, 0.2) is 36.7 Å². The molecule has 3 aromatic rings. The molecule has 18 heavy (non-hydrogen) atoms. The molecule has 0 saturated carbocycles. The van der Waals surface area contributed by atoms with Gasteiger partial charge in [-0.3, -0.25) is 4.98 Å². The van der Waals surface area contributed by atoms with Crippen molar-refractivity contribution in [2.45, 2.75) is 6.92 Å². The van der Waals surface area contributed by atoms with Gasteiger partial charge in [0.25, 0.3) is 0 Å². The van der Waals surface area contributed by atoms with Crippen molar-refractivity contribution in [3.8, 4) is 5.69 Å². The molecule has 2 N–H and O–H groups in total. The minimum atomic E-state index is 0.642. The zero-order valence-electron chi connectivity index (χ0n) is 9.76. The first-order chi connectivity index (χ1) is 8.66. The van der Waals surface area contributed by atoms with Crippen molar-refractivity contribution < 1.29 is 0 Å². The summed E-state index contributed by atoms with van der Waals surface area (Å²) in [5.74, 6) is 0. The second-order valence-electron chi connectivity index (χ2n) is 4.08. The lowest BCUT2D eigenvalue weighted by Gasteiger charge is -2.07. The Hall–Kier alpha value is -2.07. The molecule has 1 aromatic carbocycles. The number of pyridine rings is 1. The highest BCUT2D eigenvalue weighted by Crippen LogP contribution is 2.25. The van der Waals surface area contributed by atoms with Crippen LogP contribution in [-0.4, -0.2) is 14.8 Å². The molecule has 0 aliphatic heterocycles. The molecular weight excluding hydrogens is 248 g/mol. The van der Waals surface area contributed by atoms with Crippen molar-refractivity contribution in [2.75, 3.05) is 5.73 Å². The van der Waals surface area contributed by atoms with Crippen molar-refractivity contribution in [3.05, 3.63) is 47.4 Å². The van der Waals surface area contributed by atoms with Crippen LogP contribution in [0, 0.1) is 6.92 Å². The number of nitrogen functional groups attached to an aromatic ring is 1. The highest BCUT2D eigenvalue weighted by atomic mass is 35.5. The van der Waals surface area contributed by atoms with Crippen LogP contribution >= 0.6 is 11.6 Å². The highest BCUT2D eigenvalue weighted by Gasteiger charge is 2.09. The molecule has 2 aromatic heterocycles. The number of nitrogens with two attached hydrogens (primary N) is 1. The van der Waals surface area contributed by atoms with E-state index in [1.165, 1.54) is 0 Å². The molecule has 0 aliphatic carbocycles. The second-order valence-corrected chi connectivity index (χ2v) is 4.49. The quantitative estimate of drug-likeness (QED) is 0.683. The Morgan fingerprint density at radius 1 is 1.28 bits per heavy atom. The van der Waals surface area contributed by atoms with Gasteiger partial charge in [-0.05, 0) is 19.1 Å². The smallest absolute Gasteiger partial charge is 0.0952 e. The van der Waals surface area contributed by atoms with Gasteiger partial charge in [-0.15, -0.1) is 0 Å². The molecule has 0 atom stereocenters. The number of aryl methyl sites for hydroxylation is 1. The van der Waals surface area contributed by atoms with E-state index in [1.807, 2.05) is 31.2 Å². The molecule has 5 heteroatoms. The third kappa shape index (κ3) is 1.62. The fourth-order valence-corrected chi connectivity index (χ4v) is 2.08. The molecule has 4 nitrogen and oxygen atoms in total. The van der Waals surface area contributed by atoms with E-state index in [1.54, 1.807) is 17.1 Å². The van der Waals surface area contributed by atoms with E-state index < -0.39 is 0 Å². The number of anilines is 1. The summed E-state index contributed by atoms with van der Waals surface area (Å²) in [4.78, 5) is 4.30. The Morgan fingerprint density at radius 2 is 2.11 bits per heavy atom. The standard InChI is InChI=1S/C13H11ClN4/c1-8-10(14)7-18(17-8)12-5-6-16-13-9(12)3-2-4-11(13)15/h2-7H,15H2,1H3. The number of nitrogens with zero attached hydrogens (tertiary/aromatic N) is 3. The van der Waals surface area contributed by atoms with Gasteiger partial charge in [0, 0.05) is 17.8 Å². The van der Waals surface area contributed by atoms with Crippen molar-refractivity contribution in [1.29, 1.82) is 0 Å². The van der Waals surface area contributed by atoms with E-state index in [2.05, 4.69) is 10.1 Å². The van der Waals surface area contributed by atoms with Gasteiger partial charge in [0.05, 0.1) is 27.6 Å². The molecular formula is C13H11ClN4. The maximum atomic E-state index is 6.04. The number of hydrogen-bond acceptors (Lipinski definition) is 3. The topological polar surface area (TPSA) is 56.7 Å². The molecule has 0 aliphatic rings. The van der Waals surface area contributed by atoms with Crippen LogP contribution < -0.4 is 5.73 Å². The first-order valence-electron chi connectivity index (χ1n) is 5.52. The summed E-state index contributed by atoms with van der Waals surface area (Å²) in [6.45, 7) is 1.87. The maximum Gasteiger partial charge on any atom is 0.0952 e. The number of aromatic nitrogens is 3. The Morgan fingerprint density at radius 3 is 2.83 bits per heavy atom. The highest BCUT2D eigenvalue weighted by molar-refractivity contribution is 6.31. The first-order valence-corrected chi connectivity index (χ1v) is 5.90. The number of benzene rings is 1. The van der Waals surface area contributed by atoms with Gasteiger partial charge in [0.2, 0.25) is 0 Å². The largest absolute Gasteiger partial charge is 0.397 e. The zero-order valence-corrected chi connectivity index (χ0v) is 10.5. The SMILES string of the molecule is Cc1nn(-c2ccnc3c(N)cccc23)cc1Cl. The van der Waals surface area contributed by atoms with Crippen molar-refractivity contribution in [2.24, 2.45) is 0 Å². The summed E-state index contributed by atoms with van der Waals surface area (Å²) >= 11 is 6.04. The van der Waals surface area contributed by atoms with E-state index in [0.717, 1.165) is 22.3 Å². The Balaban J connectivity index is 2.32.